The third-order valence-corrected chi connectivity index (χ3v) is 6.19. The quantitative estimate of drug-likeness (QED) is 0.736. The number of nitrogens with one attached hydrogen (secondary N) is 1. The number of carbonyl (C=O) groups excluding carboxylic acids is 1. The number of hydrogen-bond donors (Lipinski definition) is 1. The van der Waals surface area contributed by atoms with Gasteiger partial charge in [0.25, 0.3) is 0 Å². The van der Waals surface area contributed by atoms with Crippen molar-refractivity contribution >= 4 is 29.2 Å². The van der Waals surface area contributed by atoms with Crippen molar-refractivity contribution in [2.75, 3.05) is 4.90 Å². The number of fused-ring (bicyclic) bond motifs is 2. The van der Waals surface area contributed by atoms with Gasteiger partial charge in [0.2, 0.25) is 0 Å². The molecule has 0 spiro atoms. The fourth-order valence-electron chi connectivity index (χ4n) is 3.68. The molecule has 2 aliphatic rings. The second kappa shape index (κ2) is 6.52. The minimum Gasteiger partial charge on any atom is -0.334 e. The molecule has 2 aromatic rings. The molecule has 1 heterocycles. The van der Waals surface area contributed by atoms with E-state index in [2.05, 4.69) is 24.4 Å². The summed E-state index contributed by atoms with van der Waals surface area (Å²) in [6.07, 6.45) is 4.77. The van der Waals surface area contributed by atoms with Gasteiger partial charge in [-0.15, -0.1) is 0 Å². The molecule has 1 fully saturated rings. The van der Waals surface area contributed by atoms with Crippen LogP contribution in [-0.4, -0.2) is 12.1 Å². The van der Waals surface area contributed by atoms with Gasteiger partial charge in [-0.25, -0.2) is 4.79 Å². The molecule has 2 aromatic carbocycles. The number of amides is 2. The number of para-hydroxylation sites is 2. The lowest BCUT2D eigenvalue weighted by Crippen LogP contribution is -2.47. The van der Waals surface area contributed by atoms with Crippen LogP contribution in [0.1, 0.15) is 32.6 Å². The van der Waals surface area contributed by atoms with Gasteiger partial charge in [0.05, 0.1) is 11.4 Å². The van der Waals surface area contributed by atoms with Gasteiger partial charge in [-0.05, 0) is 43.0 Å². The lowest BCUT2D eigenvalue weighted by molar-refractivity contribution is 0.229. The first-order valence-corrected chi connectivity index (χ1v) is 9.52. The summed E-state index contributed by atoms with van der Waals surface area (Å²) in [4.78, 5) is 17.2. The first-order chi connectivity index (χ1) is 11.7. The lowest BCUT2D eigenvalue weighted by Gasteiger charge is -2.35. The molecule has 1 aliphatic heterocycles. The van der Waals surface area contributed by atoms with E-state index >= 15 is 0 Å². The van der Waals surface area contributed by atoms with Crippen LogP contribution in [0, 0.1) is 5.92 Å². The number of anilines is 2. The summed E-state index contributed by atoms with van der Waals surface area (Å²) < 4.78 is 0. The van der Waals surface area contributed by atoms with Crippen LogP contribution >= 0.6 is 11.8 Å². The predicted octanol–water partition coefficient (Wildman–Crippen LogP) is 5.58. The largest absolute Gasteiger partial charge is 0.334 e. The predicted molar refractivity (Wildman–Crippen MR) is 99.1 cm³/mol. The molecule has 4 heteroatoms. The second-order valence-electron chi connectivity index (χ2n) is 6.69. The molecular weight excluding hydrogens is 316 g/mol. The zero-order valence-corrected chi connectivity index (χ0v) is 14.7. The zero-order valence-electron chi connectivity index (χ0n) is 13.9. The molecular formula is C20H22N2OS. The second-order valence-corrected chi connectivity index (χ2v) is 7.77. The fraction of sp³-hybridized carbons (Fsp3) is 0.350. The van der Waals surface area contributed by atoms with E-state index in [4.69, 9.17) is 0 Å². The minimum absolute atomic E-state index is 0.00560. The Bertz CT molecular complexity index is 715. The molecule has 2 atom stereocenters. The van der Waals surface area contributed by atoms with Crippen molar-refractivity contribution in [3.8, 4) is 0 Å². The topological polar surface area (TPSA) is 32.3 Å². The number of nitrogens with zero attached hydrogens (tertiary/aromatic N) is 1. The monoisotopic (exact) mass is 338 g/mol. The van der Waals surface area contributed by atoms with Crippen LogP contribution in [0.2, 0.25) is 0 Å². The summed E-state index contributed by atoms with van der Waals surface area (Å²) >= 11 is 1.73. The molecule has 2 amide bonds. The van der Waals surface area contributed by atoms with E-state index in [-0.39, 0.29) is 12.1 Å². The zero-order chi connectivity index (χ0) is 16.5. The molecule has 4 rings (SSSR count). The Morgan fingerprint density at radius 3 is 2.21 bits per heavy atom. The van der Waals surface area contributed by atoms with Crippen LogP contribution in [-0.2, 0) is 0 Å². The summed E-state index contributed by atoms with van der Waals surface area (Å²) in [7, 11) is 0. The average molecular weight is 338 g/mol. The highest BCUT2D eigenvalue weighted by molar-refractivity contribution is 7.99. The maximum atomic E-state index is 13.1. The van der Waals surface area contributed by atoms with E-state index in [0.717, 1.165) is 27.6 Å². The Hall–Kier alpha value is -1.94. The van der Waals surface area contributed by atoms with Gasteiger partial charge >= 0.3 is 6.03 Å². The maximum absolute atomic E-state index is 13.1. The SMILES string of the molecule is C[C@H]1CCCC[C@@H]1NC(=O)N1c2ccccc2Sc2ccccc21. The smallest absolute Gasteiger partial charge is 0.326 e. The van der Waals surface area contributed by atoms with E-state index in [1.165, 1.54) is 19.3 Å². The highest BCUT2D eigenvalue weighted by Gasteiger charge is 2.30. The molecule has 0 aromatic heterocycles. The number of carbonyl (C=O) groups is 1. The Balaban J connectivity index is 1.67. The molecule has 1 saturated carbocycles. The van der Waals surface area contributed by atoms with E-state index < -0.39 is 0 Å². The highest BCUT2D eigenvalue weighted by Crippen LogP contribution is 2.47. The molecule has 0 unspecified atom stereocenters. The van der Waals surface area contributed by atoms with Crippen LogP contribution in [0.3, 0.4) is 0 Å². The number of benzene rings is 2. The van der Waals surface area contributed by atoms with E-state index in [0.29, 0.717) is 5.92 Å². The van der Waals surface area contributed by atoms with Gasteiger partial charge in [0, 0.05) is 15.8 Å². The van der Waals surface area contributed by atoms with Crippen molar-refractivity contribution in [2.24, 2.45) is 5.92 Å². The average Bonchev–Trinajstić information content (AvgIpc) is 2.61. The Morgan fingerprint density at radius 1 is 1.00 bits per heavy atom. The van der Waals surface area contributed by atoms with Crippen LogP contribution in [0.5, 0.6) is 0 Å². The van der Waals surface area contributed by atoms with E-state index in [9.17, 15) is 4.79 Å². The Kier molecular flexibility index (Phi) is 4.23. The highest BCUT2D eigenvalue weighted by atomic mass is 32.2. The van der Waals surface area contributed by atoms with Crippen LogP contribution in [0.4, 0.5) is 16.2 Å². The van der Waals surface area contributed by atoms with E-state index in [1.807, 2.05) is 41.3 Å². The van der Waals surface area contributed by atoms with E-state index in [1.54, 1.807) is 11.8 Å². The van der Waals surface area contributed by atoms with Crippen LogP contribution < -0.4 is 10.2 Å². The summed E-state index contributed by atoms with van der Waals surface area (Å²) in [5.41, 5.74) is 1.95. The third-order valence-electron chi connectivity index (χ3n) is 5.06. The van der Waals surface area contributed by atoms with Crippen molar-refractivity contribution in [1.82, 2.24) is 5.32 Å². The summed E-state index contributed by atoms with van der Waals surface area (Å²) in [5, 5.41) is 3.30. The molecule has 1 N–H and O–H groups in total. The minimum atomic E-state index is -0.00560. The van der Waals surface area contributed by atoms with Crippen molar-refractivity contribution in [3.63, 3.8) is 0 Å². The molecule has 0 radical (unpaired) electrons. The van der Waals surface area contributed by atoms with Gasteiger partial charge in [0.1, 0.15) is 0 Å². The molecule has 0 saturated heterocycles. The molecule has 3 nitrogen and oxygen atoms in total. The van der Waals surface area contributed by atoms with Crippen LogP contribution in [0.15, 0.2) is 58.3 Å². The van der Waals surface area contributed by atoms with Crippen molar-refractivity contribution in [1.29, 1.82) is 0 Å². The normalized spacial score (nSPS) is 22.5. The van der Waals surface area contributed by atoms with Gasteiger partial charge < -0.3 is 5.32 Å². The molecule has 0 bridgehead atoms. The van der Waals surface area contributed by atoms with Crippen molar-refractivity contribution in [3.05, 3.63) is 48.5 Å². The number of urea groups is 1. The first-order valence-electron chi connectivity index (χ1n) is 8.70. The lowest BCUT2D eigenvalue weighted by atomic mass is 9.86. The molecule has 1 aliphatic carbocycles. The molecule has 124 valence electrons. The van der Waals surface area contributed by atoms with Crippen molar-refractivity contribution < 1.29 is 4.79 Å². The maximum Gasteiger partial charge on any atom is 0.326 e. The fourth-order valence-corrected chi connectivity index (χ4v) is 4.74. The van der Waals surface area contributed by atoms with Gasteiger partial charge in [-0.2, -0.15) is 0 Å². The standard InChI is InChI=1S/C20H22N2OS/c1-14-8-2-3-9-15(14)21-20(23)22-16-10-4-6-12-18(16)24-19-13-7-5-11-17(19)22/h4-7,10-15H,2-3,8-9H2,1H3,(H,21,23)/t14-,15-/m0/s1. The summed E-state index contributed by atoms with van der Waals surface area (Å²) in [6.45, 7) is 2.25. The van der Waals surface area contributed by atoms with Gasteiger partial charge in [0.15, 0.2) is 0 Å². The summed E-state index contributed by atoms with van der Waals surface area (Å²) in [5.74, 6) is 0.548. The molecule has 24 heavy (non-hydrogen) atoms. The number of rotatable bonds is 1. The van der Waals surface area contributed by atoms with Crippen LogP contribution in [0.25, 0.3) is 0 Å². The van der Waals surface area contributed by atoms with Gasteiger partial charge in [-0.3, -0.25) is 4.90 Å². The third kappa shape index (κ3) is 2.80. The summed E-state index contributed by atoms with van der Waals surface area (Å²) in [6, 6.07) is 16.5. The van der Waals surface area contributed by atoms with Gasteiger partial charge in [-0.1, -0.05) is 55.8 Å². The Morgan fingerprint density at radius 2 is 1.58 bits per heavy atom. The first kappa shape index (κ1) is 15.6. The Labute approximate surface area is 147 Å². The number of hydrogen-bond acceptors (Lipinski definition) is 2. The van der Waals surface area contributed by atoms with Crippen molar-refractivity contribution in [2.45, 2.75) is 48.4 Å².